The summed E-state index contributed by atoms with van der Waals surface area (Å²) in [7, 11) is -3.24. The van der Waals surface area contributed by atoms with Crippen LogP contribution in [-0.2, 0) is 16.3 Å². The number of ether oxygens (including phenoxy) is 1. The van der Waals surface area contributed by atoms with Crippen molar-refractivity contribution in [3.8, 4) is 16.9 Å². The number of benzene rings is 2. The van der Waals surface area contributed by atoms with Crippen LogP contribution in [-0.4, -0.2) is 42.8 Å². The first-order chi connectivity index (χ1) is 13.8. The highest BCUT2D eigenvalue weighted by atomic mass is 32.2. The van der Waals surface area contributed by atoms with E-state index in [0.29, 0.717) is 23.5 Å². The van der Waals surface area contributed by atoms with Crippen molar-refractivity contribution in [3.63, 3.8) is 0 Å². The Morgan fingerprint density at radius 1 is 1.24 bits per heavy atom. The Bertz CT molecular complexity index is 1170. The van der Waals surface area contributed by atoms with Crippen LogP contribution in [0.4, 0.5) is 0 Å². The lowest BCUT2D eigenvalue weighted by Gasteiger charge is -2.13. The molecule has 150 valence electrons. The number of fused-ring (bicyclic) bond motifs is 1. The molecule has 29 heavy (non-hydrogen) atoms. The van der Waals surface area contributed by atoms with Crippen LogP contribution in [0, 0.1) is 6.92 Å². The summed E-state index contributed by atoms with van der Waals surface area (Å²) in [5.41, 5.74) is 3.46. The number of rotatable bonds is 5. The van der Waals surface area contributed by atoms with Gasteiger partial charge in [-0.05, 0) is 41.7 Å². The van der Waals surface area contributed by atoms with E-state index in [2.05, 4.69) is 14.9 Å². The van der Waals surface area contributed by atoms with Gasteiger partial charge in [0.1, 0.15) is 16.7 Å². The van der Waals surface area contributed by atoms with Gasteiger partial charge in [-0.25, -0.2) is 8.42 Å². The van der Waals surface area contributed by atoms with Gasteiger partial charge >= 0.3 is 0 Å². The number of amides is 1. The van der Waals surface area contributed by atoms with E-state index in [-0.39, 0.29) is 16.9 Å². The first-order valence-corrected chi connectivity index (χ1v) is 11.7. The summed E-state index contributed by atoms with van der Waals surface area (Å²) in [4.78, 5) is 13.1. The molecular formula is C20H19N3O4S2. The molecule has 3 aromatic rings. The fraction of sp³-hybridized carbons (Fsp3) is 0.250. The van der Waals surface area contributed by atoms with Gasteiger partial charge in [-0.2, -0.15) is 0 Å². The first-order valence-electron chi connectivity index (χ1n) is 8.99. The van der Waals surface area contributed by atoms with E-state index in [0.717, 1.165) is 34.0 Å². The van der Waals surface area contributed by atoms with Gasteiger partial charge in [0.2, 0.25) is 0 Å². The Morgan fingerprint density at radius 2 is 2.00 bits per heavy atom. The number of nitrogens with one attached hydrogen (secondary N) is 1. The predicted molar refractivity (Wildman–Crippen MR) is 110 cm³/mol. The fourth-order valence-electron chi connectivity index (χ4n) is 3.29. The summed E-state index contributed by atoms with van der Waals surface area (Å²) in [6, 6.07) is 12.7. The molecule has 0 unspecified atom stereocenters. The lowest BCUT2D eigenvalue weighted by Crippen LogP contribution is -2.34. The molecule has 1 aromatic heterocycles. The van der Waals surface area contributed by atoms with E-state index in [4.69, 9.17) is 4.74 Å². The zero-order chi connectivity index (χ0) is 20.6. The maximum Gasteiger partial charge on any atom is 0.265 e. The van der Waals surface area contributed by atoms with Gasteiger partial charge in [0.05, 0.1) is 17.1 Å². The maximum absolute atomic E-state index is 12.3. The third-order valence-electron chi connectivity index (χ3n) is 4.77. The summed E-state index contributed by atoms with van der Waals surface area (Å²) < 4.78 is 33.3. The number of carbonyl (C=O) groups is 1. The second-order valence-corrected chi connectivity index (χ2v) is 9.70. The predicted octanol–water partition coefficient (Wildman–Crippen LogP) is 2.65. The minimum atomic E-state index is -3.24. The SMILES string of the molecule is Cc1nnsc1C(=O)NC[C@@H]1Cc2cccc(-c3ccc(S(C)(=O)=O)cc3)c2O1. The molecule has 1 amide bonds. The number of nitrogens with zero attached hydrogens (tertiary/aromatic N) is 2. The molecule has 2 aromatic carbocycles. The van der Waals surface area contributed by atoms with Crippen LogP contribution in [0.15, 0.2) is 47.4 Å². The van der Waals surface area contributed by atoms with Gasteiger partial charge in [0.25, 0.3) is 5.91 Å². The van der Waals surface area contributed by atoms with Crippen molar-refractivity contribution in [1.29, 1.82) is 0 Å². The van der Waals surface area contributed by atoms with E-state index < -0.39 is 9.84 Å². The van der Waals surface area contributed by atoms with Gasteiger partial charge in [0.15, 0.2) is 9.84 Å². The van der Waals surface area contributed by atoms with Crippen molar-refractivity contribution in [3.05, 3.63) is 58.6 Å². The summed E-state index contributed by atoms with van der Waals surface area (Å²) in [6.07, 6.45) is 1.70. The van der Waals surface area contributed by atoms with Crippen molar-refractivity contribution in [2.75, 3.05) is 12.8 Å². The Morgan fingerprint density at radius 3 is 2.66 bits per heavy atom. The fourth-order valence-corrected chi connectivity index (χ4v) is 4.49. The highest BCUT2D eigenvalue weighted by Crippen LogP contribution is 2.38. The molecule has 1 aliphatic rings. The first kappa shape index (κ1) is 19.5. The van der Waals surface area contributed by atoms with Crippen molar-refractivity contribution < 1.29 is 17.9 Å². The van der Waals surface area contributed by atoms with Crippen molar-refractivity contribution in [2.24, 2.45) is 0 Å². The minimum absolute atomic E-state index is 0.174. The van der Waals surface area contributed by atoms with Gasteiger partial charge in [0, 0.05) is 18.2 Å². The standard InChI is InChI=1S/C20H19N3O4S2/c1-12-19(28-23-22-12)20(24)21-11-15-10-14-4-3-5-17(18(14)27-15)13-6-8-16(9-7-13)29(2,25)26/h3-9,15H,10-11H2,1-2H3,(H,21,24)/t15-/m0/s1. The molecule has 0 saturated heterocycles. The molecule has 0 aliphatic carbocycles. The van der Waals surface area contributed by atoms with Crippen molar-refractivity contribution >= 4 is 27.3 Å². The molecule has 1 N–H and O–H groups in total. The Kier molecular flexibility index (Phi) is 5.10. The van der Waals surface area contributed by atoms with Crippen molar-refractivity contribution in [2.45, 2.75) is 24.3 Å². The minimum Gasteiger partial charge on any atom is -0.487 e. The van der Waals surface area contributed by atoms with E-state index in [1.54, 1.807) is 31.2 Å². The molecule has 7 nitrogen and oxygen atoms in total. The molecule has 2 heterocycles. The van der Waals surface area contributed by atoms with Gasteiger partial charge in [-0.1, -0.05) is 34.8 Å². The average molecular weight is 430 g/mol. The van der Waals surface area contributed by atoms with Crippen LogP contribution >= 0.6 is 11.5 Å². The summed E-state index contributed by atoms with van der Waals surface area (Å²) in [6.45, 7) is 2.12. The monoisotopic (exact) mass is 429 g/mol. The number of hydrogen-bond donors (Lipinski definition) is 1. The number of sulfone groups is 1. The Balaban J connectivity index is 1.49. The zero-order valence-corrected chi connectivity index (χ0v) is 17.5. The number of aryl methyl sites for hydroxylation is 1. The van der Waals surface area contributed by atoms with Crippen molar-refractivity contribution in [1.82, 2.24) is 14.9 Å². The van der Waals surface area contributed by atoms with Crippen LogP contribution in [0.1, 0.15) is 20.9 Å². The van der Waals surface area contributed by atoms with Gasteiger partial charge in [-0.15, -0.1) is 5.10 Å². The molecule has 0 bridgehead atoms. The largest absolute Gasteiger partial charge is 0.487 e. The normalized spacial score (nSPS) is 15.6. The molecule has 0 fully saturated rings. The van der Waals surface area contributed by atoms with Gasteiger partial charge < -0.3 is 10.1 Å². The second kappa shape index (κ2) is 7.57. The summed E-state index contributed by atoms with van der Waals surface area (Å²) >= 11 is 1.07. The smallest absolute Gasteiger partial charge is 0.265 e. The third-order valence-corrected chi connectivity index (χ3v) is 6.73. The number of carbonyl (C=O) groups excluding carboxylic acids is 1. The molecule has 4 rings (SSSR count). The molecule has 0 spiro atoms. The number of hydrogen-bond acceptors (Lipinski definition) is 7. The third kappa shape index (κ3) is 4.01. The molecule has 9 heteroatoms. The zero-order valence-electron chi connectivity index (χ0n) is 15.9. The van der Waals surface area contributed by atoms with Crippen LogP contribution in [0.5, 0.6) is 5.75 Å². The van der Waals surface area contributed by atoms with E-state index in [1.165, 1.54) is 6.26 Å². The van der Waals surface area contributed by atoms with Gasteiger partial charge in [-0.3, -0.25) is 4.79 Å². The summed E-state index contributed by atoms with van der Waals surface area (Å²) in [5.74, 6) is 0.572. The molecule has 0 radical (unpaired) electrons. The molecule has 1 aliphatic heterocycles. The van der Waals surface area contributed by atoms with E-state index in [1.807, 2.05) is 18.2 Å². The lowest BCUT2D eigenvalue weighted by atomic mass is 10.0. The second-order valence-electron chi connectivity index (χ2n) is 6.93. The topological polar surface area (TPSA) is 98.3 Å². The maximum atomic E-state index is 12.3. The number of aromatic nitrogens is 2. The Hall–Kier alpha value is -2.78. The van der Waals surface area contributed by atoms with E-state index in [9.17, 15) is 13.2 Å². The lowest BCUT2D eigenvalue weighted by molar-refractivity contribution is 0.0937. The summed E-state index contributed by atoms with van der Waals surface area (Å²) in [5, 5.41) is 6.74. The van der Waals surface area contributed by atoms with E-state index >= 15 is 0 Å². The Labute approximate surface area is 172 Å². The number of para-hydroxylation sites is 1. The van der Waals surface area contributed by atoms with Crippen LogP contribution in [0.3, 0.4) is 0 Å². The van der Waals surface area contributed by atoms with Crippen LogP contribution in [0.2, 0.25) is 0 Å². The molecular weight excluding hydrogens is 410 g/mol. The highest BCUT2D eigenvalue weighted by molar-refractivity contribution is 7.90. The highest BCUT2D eigenvalue weighted by Gasteiger charge is 2.26. The quantitative estimate of drug-likeness (QED) is 0.670. The van der Waals surface area contributed by atoms with Crippen LogP contribution in [0.25, 0.3) is 11.1 Å². The molecule has 0 saturated carbocycles. The molecule has 1 atom stereocenters. The average Bonchev–Trinajstić information content (AvgIpc) is 3.31. The van der Waals surface area contributed by atoms with Crippen LogP contribution < -0.4 is 10.1 Å².